The SMILES string of the molecule is COc1c(N2C[C@@H](C[C@@H](N)Oc3ccccc3)[C@H](F)C2)c(F)cc2c(=O)n(N)c(=O)n(C3CC3)c12. The number of para-hydroxylation sites is 1. The first kappa shape index (κ1) is 23.2. The standard InChI is InChI=1S/C24H27F2N5O4/c1-34-22-20-16(23(32)31(28)24(33)30(20)14-7-8-14)10-17(25)21(22)29-11-13(18(26)12-29)9-19(27)35-15-5-3-2-4-6-15/h2-6,10,13-14,18-19H,7-9,11-12,27-28H2,1H3/t13-,18-,19+/m1/s1. The topological polar surface area (TPSA) is 118 Å². The molecule has 35 heavy (non-hydrogen) atoms. The molecule has 5 rings (SSSR count). The molecule has 1 saturated carbocycles. The summed E-state index contributed by atoms with van der Waals surface area (Å²) in [4.78, 5) is 27.0. The van der Waals surface area contributed by atoms with Gasteiger partial charge >= 0.3 is 5.69 Å². The minimum Gasteiger partial charge on any atom is -0.492 e. The second-order valence-electron chi connectivity index (χ2n) is 9.08. The van der Waals surface area contributed by atoms with Gasteiger partial charge in [-0.1, -0.05) is 18.2 Å². The van der Waals surface area contributed by atoms with Crippen LogP contribution in [0.1, 0.15) is 25.3 Å². The maximum absolute atomic E-state index is 15.4. The fourth-order valence-corrected chi connectivity index (χ4v) is 4.85. The summed E-state index contributed by atoms with van der Waals surface area (Å²) in [6, 6.07) is 9.87. The van der Waals surface area contributed by atoms with E-state index in [-0.39, 0.29) is 47.9 Å². The van der Waals surface area contributed by atoms with E-state index in [0.29, 0.717) is 10.4 Å². The molecule has 2 aromatic carbocycles. The number of benzene rings is 2. The lowest BCUT2D eigenvalue weighted by Crippen LogP contribution is -2.44. The van der Waals surface area contributed by atoms with E-state index >= 15 is 8.78 Å². The van der Waals surface area contributed by atoms with Crippen LogP contribution in [0.2, 0.25) is 0 Å². The quantitative estimate of drug-likeness (QED) is 0.386. The van der Waals surface area contributed by atoms with E-state index in [0.717, 1.165) is 18.9 Å². The number of ether oxygens (including phenoxy) is 2. The number of anilines is 1. The third kappa shape index (κ3) is 4.09. The minimum atomic E-state index is -1.29. The van der Waals surface area contributed by atoms with Crippen LogP contribution in [0.3, 0.4) is 0 Å². The van der Waals surface area contributed by atoms with Crippen molar-refractivity contribution < 1.29 is 18.3 Å². The lowest BCUT2D eigenvalue weighted by atomic mass is 10.0. The van der Waals surface area contributed by atoms with Gasteiger partial charge in [0.25, 0.3) is 5.56 Å². The highest BCUT2D eigenvalue weighted by atomic mass is 19.1. The number of nitrogens with two attached hydrogens (primary N) is 2. The Kier molecular flexibility index (Phi) is 5.87. The van der Waals surface area contributed by atoms with Crippen molar-refractivity contribution >= 4 is 16.6 Å². The number of alkyl halides is 1. The summed E-state index contributed by atoms with van der Waals surface area (Å²) >= 11 is 0. The molecule has 186 valence electrons. The summed E-state index contributed by atoms with van der Waals surface area (Å²) in [5, 5.41) is -0.0667. The predicted octanol–water partition coefficient (Wildman–Crippen LogP) is 1.89. The van der Waals surface area contributed by atoms with Gasteiger partial charge in [0.1, 0.15) is 29.4 Å². The maximum atomic E-state index is 15.4. The average molecular weight is 488 g/mol. The van der Waals surface area contributed by atoms with Crippen molar-refractivity contribution in [1.82, 2.24) is 9.24 Å². The second-order valence-corrected chi connectivity index (χ2v) is 9.08. The normalized spacial score (nSPS) is 20.9. The molecule has 1 saturated heterocycles. The number of nitrogen functional groups attached to an aromatic ring is 1. The largest absolute Gasteiger partial charge is 0.492 e. The van der Waals surface area contributed by atoms with Crippen LogP contribution < -0.4 is 37.2 Å². The molecule has 3 atom stereocenters. The Morgan fingerprint density at radius 1 is 1.17 bits per heavy atom. The molecule has 3 aromatic rings. The smallest absolute Gasteiger partial charge is 0.350 e. The Labute approximate surface area is 199 Å². The molecule has 1 aromatic heterocycles. The molecule has 2 fully saturated rings. The monoisotopic (exact) mass is 487 g/mol. The predicted molar refractivity (Wildman–Crippen MR) is 128 cm³/mol. The van der Waals surface area contributed by atoms with Gasteiger partial charge in [-0.2, -0.15) is 4.68 Å². The Bertz CT molecular complexity index is 1370. The van der Waals surface area contributed by atoms with E-state index in [1.807, 2.05) is 18.2 Å². The molecule has 11 heteroatoms. The minimum absolute atomic E-state index is 0.00525. The van der Waals surface area contributed by atoms with E-state index < -0.39 is 35.4 Å². The van der Waals surface area contributed by atoms with Gasteiger partial charge in [0, 0.05) is 31.5 Å². The zero-order valence-corrected chi connectivity index (χ0v) is 19.2. The number of rotatable bonds is 7. The van der Waals surface area contributed by atoms with Crippen molar-refractivity contribution in [1.29, 1.82) is 0 Å². The van der Waals surface area contributed by atoms with Crippen molar-refractivity contribution in [2.75, 3.05) is 30.9 Å². The van der Waals surface area contributed by atoms with E-state index in [1.54, 1.807) is 12.1 Å². The first-order valence-electron chi connectivity index (χ1n) is 11.5. The fraction of sp³-hybridized carbons (Fsp3) is 0.417. The summed E-state index contributed by atoms with van der Waals surface area (Å²) in [6.45, 7) is 0.0660. The van der Waals surface area contributed by atoms with Gasteiger partial charge in [0.15, 0.2) is 11.6 Å². The molecule has 0 radical (unpaired) electrons. The second kappa shape index (κ2) is 8.88. The Balaban J connectivity index is 1.50. The van der Waals surface area contributed by atoms with Crippen LogP contribution in [-0.4, -0.2) is 41.8 Å². The van der Waals surface area contributed by atoms with E-state index in [1.165, 1.54) is 16.6 Å². The van der Waals surface area contributed by atoms with Crippen molar-refractivity contribution in [3.05, 3.63) is 63.1 Å². The molecule has 9 nitrogen and oxygen atoms in total. The first-order valence-corrected chi connectivity index (χ1v) is 11.5. The number of nitrogens with zero attached hydrogens (tertiary/aromatic N) is 3. The summed E-state index contributed by atoms with van der Waals surface area (Å²) in [7, 11) is 1.33. The fourth-order valence-electron chi connectivity index (χ4n) is 4.85. The number of aromatic nitrogens is 2. The lowest BCUT2D eigenvalue weighted by molar-refractivity contribution is 0.152. The van der Waals surface area contributed by atoms with Gasteiger partial charge in [-0.05, 0) is 31.0 Å². The highest BCUT2D eigenvalue weighted by molar-refractivity contribution is 5.91. The van der Waals surface area contributed by atoms with Gasteiger partial charge in [-0.25, -0.2) is 13.6 Å². The molecule has 0 bridgehead atoms. The van der Waals surface area contributed by atoms with Gasteiger partial charge in [0.2, 0.25) is 0 Å². The molecule has 0 unspecified atom stereocenters. The summed E-state index contributed by atoms with van der Waals surface area (Å²) in [5.74, 6) is 4.99. The summed E-state index contributed by atoms with van der Waals surface area (Å²) < 4.78 is 43.6. The molecular formula is C24H27F2N5O4. The number of hydrogen-bond donors (Lipinski definition) is 2. The molecule has 0 spiro atoms. The highest BCUT2D eigenvalue weighted by Crippen LogP contribution is 2.44. The Hall–Kier alpha value is -3.60. The van der Waals surface area contributed by atoms with Crippen molar-refractivity contribution in [3.8, 4) is 11.5 Å². The van der Waals surface area contributed by atoms with E-state index in [9.17, 15) is 9.59 Å². The zero-order chi connectivity index (χ0) is 24.9. The maximum Gasteiger partial charge on any atom is 0.350 e. The molecule has 2 aliphatic rings. The van der Waals surface area contributed by atoms with E-state index in [2.05, 4.69) is 0 Å². The molecular weight excluding hydrogens is 460 g/mol. The lowest BCUT2D eigenvalue weighted by Gasteiger charge is -2.24. The van der Waals surface area contributed by atoms with Gasteiger partial charge in [-0.3, -0.25) is 15.1 Å². The highest BCUT2D eigenvalue weighted by Gasteiger charge is 2.38. The summed E-state index contributed by atoms with van der Waals surface area (Å²) in [6.07, 6.45) is -0.370. The van der Waals surface area contributed by atoms with Crippen LogP contribution in [0.4, 0.5) is 14.5 Å². The number of fused-ring (bicyclic) bond motifs is 1. The van der Waals surface area contributed by atoms with Crippen LogP contribution in [-0.2, 0) is 0 Å². The van der Waals surface area contributed by atoms with Gasteiger partial charge < -0.3 is 20.2 Å². The molecule has 2 heterocycles. The van der Waals surface area contributed by atoms with Gasteiger partial charge in [0.05, 0.1) is 12.5 Å². The van der Waals surface area contributed by atoms with Crippen LogP contribution in [0.25, 0.3) is 10.9 Å². The van der Waals surface area contributed by atoms with Crippen molar-refractivity contribution in [2.24, 2.45) is 11.7 Å². The summed E-state index contributed by atoms with van der Waals surface area (Å²) in [5.41, 5.74) is 4.76. The third-order valence-electron chi connectivity index (χ3n) is 6.64. The van der Waals surface area contributed by atoms with Crippen molar-refractivity contribution in [2.45, 2.75) is 37.7 Å². The Morgan fingerprint density at radius 3 is 2.54 bits per heavy atom. The van der Waals surface area contributed by atoms with Crippen LogP contribution >= 0.6 is 0 Å². The van der Waals surface area contributed by atoms with E-state index in [4.69, 9.17) is 21.1 Å². The third-order valence-corrected chi connectivity index (χ3v) is 6.64. The van der Waals surface area contributed by atoms with Crippen LogP contribution in [0.5, 0.6) is 11.5 Å². The molecule has 1 aliphatic carbocycles. The zero-order valence-electron chi connectivity index (χ0n) is 19.2. The Morgan fingerprint density at radius 2 is 1.89 bits per heavy atom. The molecule has 0 amide bonds. The van der Waals surface area contributed by atoms with Crippen LogP contribution in [0.15, 0.2) is 46.0 Å². The van der Waals surface area contributed by atoms with Crippen LogP contribution in [0, 0.1) is 11.7 Å². The molecule has 4 N–H and O–H groups in total. The average Bonchev–Trinajstić information content (AvgIpc) is 3.61. The first-order chi connectivity index (χ1) is 16.8. The molecule has 1 aliphatic heterocycles. The number of halogens is 2. The van der Waals surface area contributed by atoms with Gasteiger partial charge in [-0.15, -0.1) is 0 Å². The van der Waals surface area contributed by atoms with Crippen molar-refractivity contribution in [3.63, 3.8) is 0 Å². The number of hydrogen-bond acceptors (Lipinski definition) is 7. The number of methoxy groups -OCH3 is 1.